The van der Waals surface area contributed by atoms with Crippen molar-refractivity contribution in [3.8, 4) is 5.75 Å². The van der Waals surface area contributed by atoms with Crippen molar-refractivity contribution < 1.29 is 9.53 Å². The fourth-order valence-electron chi connectivity index (χ4n) is 2.31. The molecule has 0 saturated carbocycles. The van der Waals surface area contributed by atoms with Crippen LogP contribution in [0.2, 0.25) is 0 Å². The lowest BCUT2D eigenvalue weighted by Crippen LogP contribution is -2.35. The molecule has 0 spiro atoms. The van der Waals surface area contributed by atoms with Crippen molar-refractivity contribution in [2.24, 2.45) is 0 Å². The van der Waals surface area contributed by atoms with Gasteiger partial charge in [-0.2, -0.15) is 0 Å². The normalized spacial score (nSPS) is 18.6. The average Bonchev–Trinajstić information content (AvgIpc) is 2.41. The number of carbonyl (C=O) groups is 1. The molecule has 5 heteroatoms. The maximum Gasteiger partial charge on any atom is 0.161 e. The molecule has 0 bridgehead atoms. The number of Topliss-reactive ketones (excluding diaryl/α,β-unsaturated/α-hetero) is 1. The summed E-state index contributed by atoms with van der Waals surface area (Å²) in [7, 11) is 1.64. The molecule has 0 N–H and O–H groups in total. The van der Waals surface area contributed by atoms with E-state index >= 15 is 0 Å². The first-order valence-electron chi connectivity index (χ1n) is 6.54. The molecule has 0 amide bonds. The molecule has 0 radical (unpaired) electrons. The van der Waals surface area contributed by atoms with E-state index in [2.05, 4.69) is 43.7 Å². The second-order valence-corrected chi connectivity index (χ2v) is 6.49. The Morgan fingerprint density at radius 1 is 1.40 bits per heavy atom. The number of nitrogens with zero attached hydrogens (tertiary/aromatic N) is 1. The summed E-state index contributed by atoms with van der Waals surface area (Å²) in [6, 6.07) is 3.90. The fraction of sp³-hybridized carbons (Fsp3) is 0.400. The number of likely N-dealkylation sites (tertiary alicyclic amines) is 1. The molecule has 1 aromatic rings. The second kappa shape index (κ2) is 6.87. The van der Waals surface area contributed by atoms with Crippen LogP contribution in [0.5, 0.6) is 5.75 Å². The molecule has 3 nitrogen and oxygen atoms in total. The van der Waals surface area contributed by atoms with Crippen molar-refractivity contribution in [2.75, 3.05) is 26.7 Å². The van der Waals surface area contributed by atoms with E-state index in [1.54, 1.807) is 7.11 Å². The Balaban J connectivity index is 2.40. The molecule has 0 aromatic heterocycles. The lowest BCUT2D eigenvalue weighted by Gasteiger charge is -2.26. The smallest absolute Gasteiger partial charge is 0.161 e. The molecule has 1 fully saturated rings. The van der Waals surface area contributed by atoms with E-state index in [9.17, 15) is 4.79 Å². The van der Waals surface area contributed by atoms with Crippen LogP contribution in [0.1, 0.15) is 18.9 Å². The number of rotatable bonds is 3. The number of hydrogen-bond donors (Lipinski definition) is 0. The van der Waals surface area contributed by atoms with Crippen LogP contribution >= 0.6 is 31.9 Å². The van der Waals surface area contributed by atoms with Crippen LogP contribution in [0.4, 0.5) is 0 Å². The Morgan fingerprint density at radius 3 is 2.80 bits per heavy atom. The molecule has 0 unspecified atom stereocenters. The van der Waals surface area contributed by atoms with Crippen molar-refractivity contribution in [3.63, 3.8) is 0 Å². The SMILES string of the molecule is CCN1CCC(=O)/C(=C/c2cc(Br)cc(Br)c2OC)C1. The van der Waals surface area contributed by atoms with Crippen LogP contribution in [-0.2, 0) is 4.79 Å². The van der Waals surface area contributed by atoms with Gasteiger partial charge in [-0.05, 0) is 40.7 Å². The van der Waals surface area contributed by atoms with E-state index < -0.39 is 0 Å². The molecule has 1 aromatic carbocycles. The number of hydrogen-bond acceptors (Lipinski definition) is 3. The van der Waals surface area contributed by atoms with Crippen molar-refractivity contribution in [2.45, 2.75) is 13.3 Å². The summed E-state index contributed by atoms with van der Waals surface area (Å²) in [5.41, 5.74) is 1.76. The lowest BCUT2D eigenvalue weighted by molar-refractivity contribution is -0.117. The van der Waals surface area contributed by atoms with Crippen molar-refractivity contribution in [3.05, 3.63) is 32.2 Å². The van der Waals surface area contributed by atoms with Gasteiger partial charge in [0.1, 0.15) is 5.75 Å². The van der Waals surface area contributed by atoms with E-state index in [4.69, 9.17) is 4.74 Å². The third-order valence-electron chi connectivity index (χ3n) is 3.43. The standard InChI is InChI=1S/C15H17Br2NO2/c1-3-18-5-4-14(19)11(9-18)6-10-7-12(16)8-13(17)15(10)20-2/h6-8H,3-5,9H2,1-2H3/b11-6+. The summed E-state index contributed by atoms with van der Waals surface area (Å²) in [6.45, 7) is 4.64. The summed E-state index contributed by atoms with van der Waals surface area (Å²) in [5, 5.41) is 0. The number of carbonyl (C=O) groups excluding carboxylic acids is 1. The van der Waals surface area contributed by atoms with Gasteiger partial charge in [0.15, 0.2) is 5.78 Å². The Kier molecular flexibility index (Phi) is 5.41. The third-order valence-corrected chi connectivity index (χ3v) is 4.47. The molecule has 1 aliphatic rings. The van der Waals surface area contributed by atoms with Gasteiger partial charge in [0.25, 0.3) is 0 Å². The summed E-state index contributed by atoms with van der Waals surface area (Å²) < 4.78 is 7.25. The predicted molar refractivity (Wildman–Crippen MR) is 88.1 cm³/mol. The Morgan fingerprint density at radius 2 is 2.15 bits per heavy atom. The predicted octanol–water partition coefficient (Wildman–Crippen LogP) is 3.90. The van der Waals surface area contributed by atoms with Gasteiger partial charge < -0.3 is 4.74 Å². The van der Waals surface area contributed by atoms with Crippen LogP contribution in [0.15, 0.2) is 26.7 Å². The first kappa shape index (κ1) is 15.7. The highest BCUT2D eigenvalue weighted by atomic mass is 79.9. The van der Waals surface area contributed by atoms with Crippen molar-refractivity contribution in [1.82, 2.24) is 4.90 Å². The highest BCUT2D eigenvalue weighted by Gasteiger charge is 2.21. The molecule has 1 aliphatic heterocycles. The van der Waals surface area contributed by atoms with Gasteiger partial charge in [0.2, 0.25) is 0 Å². The van der Waals surface area contributed by atoms with Gasteiger partial charge in [-0.3, -0.25) is 9.69 Å². The second-order valence-electron chi connectivity index (χ2n) is 4.72. The Hall–Kier alpha value is -0.650. The minimum Gasteiger partial charge on any atom is -0.495 e. The van der Waals surface area contributed by atoms with Gasteiger partial charge in [0, 0.05) is 35.1 Å². The fourth-order valence-corrected chi connectivity index (χ4v) is 3.74. The highest BCUT2D eigenvalue weighted by Crippen LogP contribution is 2.34. The van der Waals surface area contributed by atoms with Gasteiger partial charge in [-0.1, -0.05) is 22.9 Å². The molecular formula is C15H17Br2NO2. The Labute approximate surface area is 136 Å². The van der Waals surface area contributed by atoms with E-state index in [1.807, 2.05) is 18.2 Å². The van der Waals surface area contributed by atoms with Crippen LogP contribution in [0.25, 0.3) is 6.08 Å². The molecular weight excluding hydrogens is 386 g/mol. The Bertz CT molecular complexity index is 555. The number of ether oxygens (including phenoxy) is 1. The summed E-state index contributed by atoms with van der Waals surface area (Å²) >= 11 is 6.96. The van der Waals surface area contributed by atoms with Crippen molar-refractivity contribution >= 4 is 43.7 Å². The van der Waals surface area contributed by atoms with Crippen LogP contribution < -0.4 is 4.74 Å². The maximum atomic E-state index is 12.1. The molecule has 0 aliphatic carbocycles. The van der Waals surface area contributed by atoms with E-state index in [-0.39, 0.29) is 5.78 Å². The topological polar surface area (TPSA) is 29.5 Å². The van der Waals surface area contributed by atoms with Crippen LogP contribution in [0.3, 0.4) is 0 Å². The lowest BCUT2D eigenvalue weighted by atomic mass is 10.00. The average molecular weight is 403 g/mol. The monoisotopic (exact) mass is 401 g/mol. The molecule has 108 valence electrons. The molecule has 1 heterocycles. The molecule has 2 rings (SSSR count). The third kappa shape index (κ3) is 3.51. The number of halogens is 2. The summed E-state index contributed by atoms with van der Waals surface area (Å²) in [5.74, 6) is 0.981. The number of ketones is 1. The largest absolute Gasteiger partial charge is 0.495 e. The van der Waals surface area contributed by atoms with E-state index in [1.165, 1.54) is 0 Å². The quantitative estimate of drug-likeness (QED) is 0.718. The zero-order valence-corrected chi connectivity index (χ0v) is 14.8. The first-order chi connectivity index (χ1) is 9.55. The number of likely N-dealkylation sites (N-methyl/N-ethyl adjacent to an activating group) is 1. The van der Waals surface area contributed by atoms with E-state index in [0.29, 0.717) is 13.0 Å². The minimum atomic E-state index is 0.229. The highest BCUT2D eigenvalue weighted by molar-refractivity contribution is 9.11. The van der Waals surface area contributed by atoms with Crippen molar-refractivity contribution in [1.29, 1.82) is 0 Å². The van der Waals surface area contributed by atoms with Gasteiger partial charge in [-0.15, -0.1) is 0 Å². The first-order valence-corrected chi connectivity index (χ1v) is 8.13. The minimum absolute atomic E-state index is 0.229. The molecule has 20 heavy (non-hydrogen) atoms. The van der Waals surface area contributed by atoms with Gasteiger partial charge >= 0.3 is 0 Å². The molecule has 0 atom stereocenters. The number of piperidine rings is 1. The number of benzene rings is 1. The van der Waals surface area contributed by atoms with Crippen LogP contribution in [0, 0.1) is 0 Å². The van der Waals surface area contributed by atoms with Gasteiger partial charge in [-0.25, -0.2) is 0 Å². The zero-order chi connectivity index (χ0) is 14.7. The number of methoxy groups -OCH3 is 1. The van der Waals surface area contributed by atoms with Gasteiger partial charge in [0.05, 0.1) is 11.6 Å². The summed E-state index contributed by atoms with van der Waals surface area (Å²) in [4.78, 5) is 14.3. The van der Waals surface area contributed by atoms with Crippen LogP contribution in [-0.4, -0.2) is 37.4 Å². The maximum absolute atomic E-state index is 12.1. The van der Waals surface area contributed by atoms with E-state index in [0.717, 1.165) is 38.9 Å². The summed E-state index contributed by atoms with van der Waals surface area (Å²) in [6.07, 6.45) is 2.54. The molecule has 1 saturated heterocycles. The zero-order valence-electron chi connectivity index (χ0n) is 11.6.